The number of carbonyl (C=O) groups excluding carboxylic acids is 3. The number of halogens is 1. The summed E-state index contributed by atoms with van der Waals surface area (Å²) in [4.78, 5) is 48.5. The number of ether oxygens (including phenoxy) is 1. The van der Waals surface area contributed by atoms with Crippen molar-refractivity contribution in [3.05, 3.63) is 97.1 Å². The number of hydrogen-bond donors (Lipinski definition) is 1. The van der Waals surface area contributed by atoms with Crippen molar-refractivity contribution in [2.75, 3.05) is 19.7 Å². The molecule has 3 fully saturated rings. The van der Waals surface area contributed by atoms with Gasteiger partial charge in [-0.1, -0.05) is 103 Å². The molecule has 0 radical (unpaired) electrons. The lowest BCUT2D eigenvalue weighted by Crippen LogP contribution is -2.59. The molecule has 2 bridgehead atoms. The summed E-state index contributed by atoms with van der Waals surface area (Å²) < 4.78 is 6.76. The molecule has 3 aliphatic heterocycles. The van der Waals surface area contributed by atoms with Crippen LogP contribution in [0.3, 0.4) is 0 Å². The van der Waals surface area contributed by atoms with Crippen LogP contribution >= 0.6 is 15.9 Å². The minimum Gasteiger partial charge on any atom is -0.394 e. The Balaban J connectivity index is 1.56. The van der Waals surface area contributed by atoms with Gasteiger partial charge in [0.1, 0.15) is 11.6 Å². The minimum absolute atomic E-state index is 0.141. The number of alkyl halides is 1. The molecule has 3 aliphatic rings. The van der Waals surface area contributed by atoms with Gasteiger partial charge in [0.05, 0.1) is 30.6 Å². The van der Waals surface area contributed by atoms with Crippen molar-refractivity contribution in [3.63, 3.8) is 0 Å². The highest BCUT2D eigenvalue weighted by Gasteiger charge is 2.77. The SMILES string of the molecule is C=CCN(Cc1ccccc1)C(=O)C1N([C@@H](CO)C(C)C)C(=O)[C@@H]2[C@@H](C(=O)N(CC=C)Cc3ccccc3)[C@@H]3OC12CC3Br. The van der Waals surface area contributed by atoms with Crippen LogP contribution in [0.1, 0.15) is 31.4 Å². The topological polar surface area (TPSA) is 90.4 Å². The Morgan fingerprint density at radius 2 is 1.52 bits per heavy atom. The van der Waals surface area contributed by atoms with Gasteiger partial charge in [-0.15, -0.1) is 13.2 Å². The second kappa shape index (κ2) is 13.4. The summed E-state index contributed by atoms with van der Waals surface area (Å²) in [5.41, 5.74) is 0.683. The van der Waals surface area contributed by atoms with Gasteiger partial charge in [-0.25, -0.2) is 0 Å². The number of likely N-dealkylation sites (tertiary alicyclic amines) is 1. The average Bonchev–Trinajstić information content (AvgIpc) is 3.61. The molecule has 8 nitrogen and oxygen atoms in total. The average molecular weight is 665 g/mol. The van der Waals surface area contributed by atoms with Crippen molar-refractivity contribution >= 4 is 33.7 Å². The molecule has 1 N–H and O–H groups in total. The highest BCUT2D eigenvalue weighted by Crippen LogP contribution is 2.61. The fourth-order valence-corrected chi connectivity index (χ4v) is 8.32. The van der Waals surface area contributed by atoms with E-state index in [1.807, 2.05) is 74.5 Å². The van der Waals surface area contributed by atoms with Crippen LogP contribution in [-0.2, 0) is 32.2 Å². The highest BCUT2D eigenvalue weighted by atomic mass is 79.9. The standard InChI is InChI=1S/C35H42BrN3O5/c1-5-17-37(20-24-13-9-7-10-14-24)32(41)28-29-33(42)39(27(22-40)23(3)4)31(35(29)19-26(36)30(28)44-35)34(43)38(18-6-2)21-25-15-11-8-12-16-25/h5-16,23,26-31,40H,1-2,17-22H2,3-4H3/t26?,27-,28+,29-,30+,31?,35?/m0/s1. The summed E-state index contributed by atoms with van der Waals surface area (Å²) in [6.07, 6.45) is 3.18. The van der Waals surface area contributed by atoms with Gasteiger partial charge < -0.3 is 24.5 Å². The Morgan fingerprint density at radius 1 is 1.00 bits per heavy atom. The van der Waals surface area contributed by atoms with E-state index in [4.69, 9.17) is 4.74 Å². The first-order valence-electron chi connectivity index (χ1n) is 15.3. The number of nitrogens with zero attached hydrogens (tertiary/aromatic N) is 3. The Labute approximate surface area is 268 Å². The number of aliphatic hydroxyl groups is 1. The van der Waals surface area contributed by atoms with Crippen molar-refractivity contribution in [2.45, 2.75) is 62.0 Å². The molecule has 1 spiro atoms. The second-order valence-electron chi connectivity index (χ2n) is 12.4. The first kappa shape index (κ1) is 32.1. The number of carbonyl (C=O) groups is 3. The molecule has 3 heterocycles. The van der Waals surface area contributed by atoms with Crippen molar-refractivity contribution in [2.24, 2.45) is 17.8 Å². The van der Waals surface area contributed by atoms with Crippen LogP contribution < -0.4 is 0 Å². The summed E-state index contributed by atoms with van der Waals surface area (Å²) in [6.45, 7) is 12.5. The summed E-state index contributed by atoms with van der Waals surface area (Å²) in [5.74, 6) is -2.58. The van der Waals surface area contributed by atoms with E-state index < -0.39 is 35.6 Å². The molecular weight excluding hydrogens is 622 g/mol. The Kier molecular flexibility index (Phi) is 9.77. The smallest absolute Gasteiger partial charge is 0.249 e. The molecule has 7 atom stereocenters. The first-order chi connectivity index (χ1) is 21.2. The van der Waals surface area contributed by atoms with E-state index in [0.29, 0.717) is 26.1 Å². The number of rotatable bonds is 13. The molecule has 9 heteroatoms. The van der Waals surface area contributed by atoms with Crippen LogP contribution in [-0.4, -0.2) is 85.8 Å². The van der Waals surface area contributed by atoms with Gasteiger partial charge in [-0.3, -0.25) is 14.4 Å². The zero-order chi connectivity index (χ0) is 31.6. The molecule has 2 aromatic rings. The molecule has 44 heavy (non-hydrogen) atoms. The maximum Gasteiger partial charge on any atom is 0.249 e. The second-order valence-corrected chi connectivity index (χ2v) is 13.6. The van der Waals surface area contributed by atoms with Crippen LogP contribution in [0.4, 0.5) is 0 Å². The van der Waals surface area contributed by atoms with Crippen molar-refractivity contribution in [1.82, 2.24) is 14.7 Å². The van der Waals surface area contributed by atoms with Crippen molar-refractivity contribution < 1.29 is 24.2 Å². The maximum atomic E-state index is 14.7. The zero-order valence-electron chi connectivity index (χ0n) is 25.4. The normalized spacial score (nSPS) is 27.7. The predicted molar refractivity (Wildman–Crippen MR) is 172 cm³/mol. The summed E-state index contributed by atoms with van der Waals surface area (Å²) >= 11 is 3.78. The Morgan fingerprint density at radius 3 is 2.00 bits per heavy atom. The largest absolute Gasteiger partial charge is 0.394 e. The van der Waals surface area contributed by atoms with Gasteiger partial charge in [0.25, 0.3) is 0 Å². The summed E-state index contributed by atoms with van der Waals surface area (Å²) in [7, 11) is 0. The van der Waals surface area contributed by atoms with Crippen molar-refractivity contribution in [3.8, 4) is 0 Å². The molecule has 3 unspecified atom stereocenters. The lowest BCUT2D eigenvalue weighted by molar-refractivity contribution is -0.153. The van der Waals surface area contributed by atoms with Gasteiger partial charge >= 0.3 is 0 Å². The Bertz CT molecular complexity index is 1370. The van der Waals surface area contributed by atoms with E-state index in [-0.39, 0.29) is 41.6 Å². The zero-order valence-corrected chi connectivity index (χ0v) is 27.0. The number of aliphatic hydroxyl groups excluding tert-OH is 1. The van der Waals surface area contributed by atoms with E-state index in [2.05, 4.69) is 29.1 Å². The van der Waals surface area contributed by atoms with E-state index >= 15 is 0 Å². The molecule has 0 aliphatic carbocycles. The van der Waals surface area contributed by atoms with Crippen LogP contribution in [0.25, 0.3) is 0 Å². The van der Waals surface area contributed by atoms with Crippen molar-refractivity contribution in [1.29, 1.82) is 0 Å². The minimum atomic E-state index is -1.22. The highest BCUT2D eigenvalue weighted by molar-refractivity contribution is 9.09. The summed E-state index contributed by atoms with van der Waals surface area (Å²) in [5, 5.41) is 10.6. The number of benzene rings is 2. The third-order valence-electron chi connectivity index (χ3n) is 9.31. The van der Waals surface area contributed by atoms with Gasteiger partial charge in [0.15, 0.2) is 0 Å². The third-order valence-corrected chi connectivity index (χ3v) is 10.2. The van der Waals surface area contributed by atoms with Gasteiger partial charge in [0, 0.05) is 31.0 Å². The molecular formula is C35H42BrN3O5. The van der Waals surface area contributed by atoms with E-state index in [1.165, 1.54) is 0 Å². The molecule has 234 valence electrons. The maximum absolute atomic E-state index is 14.7. The third kappa shape index (κ3) is 5.66. The van der Waals surface area contributed by atoms with Crippen LogP contribution in [0, 0.1) is 17.8 Å². The summed E-state index contributed by atoms with van der Waals surface area (Å²) in [6, 6.07) is 17.7. The molecule has 3 amide bonds. The number of amides is 3. The van der Waals surface area contributed by atoms with E-state index in [1.54, 1.807) is 26.9 Å². The predicted octanol–water partition coefficient (Wildman–Crippen LogP) is 4.18. The fraction of sp³-hybridized carbons (Fsp3) is 0.457. The van der Waals surface area contributed by atoms with Gasteiger partial charge in [0.2, 0.25) is 17.7 Å². The van der Waals surface area contributed by atoms with Crippen LogP contribution in [0.15, 0.2) is 86.0 Å². The lowest BCUT2D eigenvalue weighted by atomic mass is 9.70. The van der Waals surface area contributed by atoms with Crippen LogP contribution in [0.5, 0.6) is 0 Å². The molecule has 0 aromatic heterocycles. The van der Waals surface area contributed by atoms with Crippen LogP contribution in [0.2, 0.25) is 0 Å². The Hall–Kier alpha value is -3.27. The molecule has 2 aromatic carbocycles. The number of hydrogen-bond acceptors (Lipinski definition) is 5. The van der Waals surface area contributed by atoms with E-state index in [9.17, 15) is 19.5 Å². The van der Waals surface area contributed by atoms with E-state index in [0.717, 1.165) is 11.1 Å². The monoisotopic (exact) mass is 663 g/mol. The fourth-order valence-electron chi connectivity index (χ4n) is 7.37. The quantitative estimate of drug-likeness (QED) is 0.257. The molecule has 0 saturated carbocycles. The lowest BCUT2D eigenvalue weighted by Gasteiger charge is -2.40. The van der Waals surface area contributed by atoms with Gasteiger partial charge in [-0.05, 0) is 23.5 Å². The molecule has 5 rings (SSSR count). The van der Waals surface area contributed by atoms with Gasteiger partial charge in [-0.2, -0.15) is 0 Å². The first-order valence-corrected chi connectivity index (χ1v) is 16.2. The molecule has 3 saturated heterocycles. The number of fused-ring (bicyclic) bond motifs is 1.